The molecule has 1 aliphatic carbocycles. The Morgan fingerprint density at radius 2 is 1.85 bits per heavy atom. The summed E-state index contributed by atoms with van der Waals surface area (Å²) < 4.78 is 0. The van der Waals surface area contributed by atoms with Crippen LogP contribution in [-0.2, 0) is 17.6 Å². The molecule has 2 aromatic rings. The number of likely N-dealkylation sites (tertiary alicyclic amines) is 1. The molecule has 2 atom stereocenters. The molecular formula is C27H36ClN3O2S. The normalized spacial score (nSPS) is 21.1. The lowest BCUT2D eigenvalue weighted by Crippen LogP contribution is -2.42. The number of nitrogens with zero attached hydrogens (tertiary/aromatic N) is 1. The molecular weight excluding hydrogens is 466 g/mol. The monoisotopic (exact) mass is 501 g/mol. The Bertz CT molecular complexity index is 1040. The van der Waals surface area contributed by atoms with Gasteiger partial charge in [0.15, 0.2) is 0 Å². The Kier molecular flexibility index (Phi) is 7.70. The lowest BCUT2D eigenvalue weighted by atomic mass is 9.72. The third kappa shape index (κ3) is 5.84. The van der Waals surface area contributed by atoms with Gasteiger partial charge in [0.1, 0.15) is 5.00 Å². The van der Waals surface area contributed by atoms with Crippen molar-refractivity contribution < 1.29 is 9.59 Å². The van der Waals surface area contributed by atoms with Gasteiger partial charge in [-0.05, 0) is 86.7 Å². The van der Waals surface area contributed by atoms with Crippen molar-refractivity contribution >= 4 is 45.4 Å². The summed E-state index contributed by atoms with van der Waals surface area (Å²) in [5.41, 5.74) is 2.62. The first-order valence-corrected chi connectivity index (χ1v) is 13.6. The summed E-state index contributed by atoms with van der Waals surface area (Å²) >= 11 is 7.59. The van der Waals surface area contributed by atoms with Gasteiger partial charge < -0.3 is 10.6 Å². The highest BCUT2D eigenvalue weighted by atomic mass is 35.5. The van der Waals surface area contributed by atoms with Crippen LogP contribution in [0.4, 0.5) is 10.7 Å². The fourth-order valence-electron chi connectivity index (χ4n) is 5.12. The number of hydrogen-bond donors (Lipinski definition) is 2. The molecule has 5 nitrogen and oxygen atoms in total. The molecule has 0 unspecified atom stereocenters. The molecule has 1 aromatic carbocycles. The Morgan fingerprint density at radius 3 is 2.53 bits per heavy atom. The number of amides is 2. The van der Waals surface area contributed by atoms with Crippen molar-refractivity contribution in [3.8, 4) is 0 Å². The summed E-state index contributed by atoms with van der Waals surface area (Å²) in [6.45, 7) is 10.4. The molecule has 1 aliphatic heterocycles. The van der Waals surface area contributed by atoms with E-state index in [0.29, 0.717) is 39.8 Å². The highest BCUT2D eigenvalue weighted by Gasteiger charge is 2.34. The molecule has 2 aliphatic rings. The predicted octanol–water partition coefficient (Wildman–Crippen LogP) is 6.62. The van der Waals surface area contributed by atoms with E-state index in [1.165, 1.54) is 11.3 Å². The van der Waals surface area contributed by atoms with Gasteiger partial charge in [0.05, 0.1) is 12.1 Å². The zero-order chi connectivity index (χ0) is 24.5. The molecule has 2 N–H and O–H groups in total. The van der Waals surface area contributed by atoms with Crippen LogP contribution in [0.1, 0.15) is 74.2 Å². The quantitative estimate of drug-likeness (QED) is 0.484. The second kappa shape index (κ2) is 10.4. The van der Waals surface area contributed by atoms with Crippen LogP contribution < -0.4 is 10.6 Å². The maximum Gasteiger partial charge on any atom is 0.258 e. The number of piperidine rings is 1. The van der Waals surface area contributed by atoms with Crippen LogP contribution in [0, 0.1) is 11.3 Å². The van der Waals surface area contributed by atoms with E-state index in [0.717, 1.165) is 44.2 Å². The summed E-state index contributed by atoms with van der Waals surface area (Å²) in [5.74, 6) is 0.347. The summed E-state index contributed by atoms with van der Waals surface area (Å²) in [4.78, 5) is 30.0. The van der Waals surface area contributed by atoms with Crippen LogP contribution in [0.5, 0.6) is 0 Å². The number of carbonyl (C=O) groups excluding carboxylic acids is 2. The molecule has 0 bridgehead atoms. The van der Waals surface area contributed by atoms with Crippen molar-refractivity contribution in [3.63, 3.8) is 0 Å². The van der Waals surface area contributed by atoms with Crippen molar-refractivity contribution in [2.24, 2.45) is 11.3 Å². The van der Waals surface area contributed by atoms with E-state index in [2.05, 4.69) is 43.2 Å². The minimum absolute atomic E-state index is 0.0414. The van der Waals surface area contributed by atoms with Crippen molar-refractivity contribution in [3.05, 3.63) is 45.3 Å². The zero-order valence-corrected chi connectivity index (χ0v) is 22.2. The van der Waals surface area contributed by atoms with Gasteiger partial charge in [-0.1, -0.05) is 38.8 Å². The van der Waals surface area contributed by atoms with E-state index in [4.69, 9.17) is 11.6 Å². The molecule has 1 saturated heterocycles. The van der Waals surface area contributed by atoms with Crippen molar-refractivity contribution in [1.29, 1.82) is 0 Å². The Labute approximate surface area is 212 Å². The number of halogens is 1. The van der Waals surface area contributed by atoms with Crippen LogP contribution >= 0.6 is 22.9 Å². The maximum atomic E-state index is 13.5. The third-order valence-electron chi connectivity index (χ3n) is 7.36. The molecule has 0 saturated carbocycles. The largest absolute Gasteiger partial charge is 0.322 e. The van der Waals surface area contributed by atoms with E-state index in [1.807, 2.05) is 0 Å². The van der Waals surface area contributed by atoms with Crippen molar-refractivity contribution in [2.75, 3.05) is 23.7 Å². The number of rotatable bonds is 5. The van der Waals surface area contributed by atoms with E-state index in [1.54, 1.807) is 35.6 Å². The molecule has 2 heterocycles. The van der Waals surface area contributed by atoms with Gasteiger partial charge in [0.25, 0.3) is 5.91 Å². The number of benzene rings is 1. The van der Waals surface area contributed by atoms with Crippen LogP contribution in [0.3, 0.4) is 0 Å². The molecule has 1 aromatic heterocycles. The molecule has 0 radical (unpaired) electrons. The Morgan fingerprint density at radius 1 is 1.12 bits per heavy atom. The van der Waals surface area contributed by atoms with E-state index in [9.17, 15) is 9.59 Å². The molecule has 2 amide bonds. The highest BCUT2D eigenvalue weighted by molar-refractivity contribution is 7.17. The van der Waals surface area contributed by atoms with Gasteiger partial charge in [0, 0.05) is 21.6 Å². The minimum atomic E-state index is -0.171. The Hall–Kier alpha value is -1.89. The number of thiophene rings is 1. The lowest BCUT2D eigenvalue weighted by molar-refractivity contribution is -0.118. The molecule has 34 heavy (non-hydrogen) atoms. The van der Waals surface area contributed by atoms with Crippen molar-refractivity contribution in [2.45, 2.75) is 72.3 Å². The third-order valence-corrected chi connectivity index (χ3v) is 8.78. The highest BCUT2D eigenvalue weighted by Crippen LogP contribution is 2.44. The van der Waals surface area contributed by atoms with Crippen molar-refractivity contribution in [1.82, 2.24) is 4.90 Å². The fraction of sp³-hybridized carbons (Fsp3) is 0.556. The molecule has 7 heteroatoms. The van der Waals surface area contributed by atoms with Gasteiger partial charge in [-0.25, -0.2) is 0 Å². The second-order valence-corrected chi connectivity index (χ2v) is 12.4. The maximum absolute atomic E-state index is 13.5. The predicted molar refractivity (Wildman–Crippen MR) is 142 cm³/mol. The number of hydrogen-bond acceptors (Lipinski definition) is 4. The molecule has 184 valence electrons. The first-order chi connectivity index (χ1) is 16.1. The minimum Gasteiger partial charge on any atom is -0.322 e. The number of anilines is 2. The summed E-state index contributed by atoms with van der Waals surface area (Å²) in [7, 11) is 0. The second-order valence-electron chi connectivity index (χ2n) is 10.8. The SMILES string of the molecule is C[C@H]1CCCCN1CC(=O)Nc1sc2c(c1C(=O)Nc1ccc(Cl)cc1)CC[C@@H](C(C)(C)C)C2. The lowest BCUT2D eigenvalue weighted by Gasteiger charge is -2.33. The first kappa shape index (κ1) is 25.2. The van der Waals surface area contributed by atoms with Gasteiger partial charge in [0.2, 0.25) is 5.91 Å². The number of nitrogens with one attached hydrogen (secondary N) is 2. The summed E-state index contributed by atoms with van der Waals surface area (Å²) in [6.07, 6.45) is 6.34. The fourth-order valence-corrected chi connectivity index (χ4v) is 6.59. The smallest absolute Gasteiger partial charge is 0.258 e. The number of fused-ring (bicyclic) bond motifs is 1. The molecule has 4 rings (SSSR count). The molecule has 0 spiro atoms. The van der Waals surface area contributed by atoms with Gasteiger partial charge >= 0.3 is 0 Å². The van der Waals surface area contributed by atoms with Crippen LogP contribution in [-0.4, -0.2) is 35.8 Å². The van der Waals surface area contributed by atoms with Crippen LogP contribution in [0.25, 0.3) is 0 Å². The van der Waals surface area contributed by atoms with E-state index in [-0.39, 0.29) is 17.2 Å². The van der Waals surface area contributed by atoms with Crippen LogP contribution in [0.15, 0.2) is 24.3 Å². The average Bonchev–Trinajstić information content (AvgIpc) is 3.13. The molecule has 1 fully saturated rings. The standard InChI is InChI=1S/C27H36ClN3O2S/c1-17-7-5-6-14-31(17)16-23(32)30-26-24(25(33)29-20-11-9-19(28)10-12-20)21-13-8-18(27(2,3)4)15-22(21)34-26/h9-12,17-18H,5-8,13-16H2,1-4H3,(H,29,33)(H,30,32)/t17-,18+/m0/s1. The number of carbonyl (C=O) groups is 2. The summed E-state index contributed by atoms with van der Waals surface area (Å²) in [5, 5.41) is 7.44. The first-order valence-electron chi connectivity index (χ1n) is 12.4. The van der Waals surface area contributed by atoms with E-state index >= 15 is 0 Å². The average molecular weight is 502 g/mol. The topological polar surface area (TPSA) is 61.4 Å². The van der Waals surface area contributed by atoms with Gasteiger partial charge in [-0.3, -0.25) is 14.5 Å². The zero-order valence-electron chi connectivity index (χ0n) is 20.7. The van der Waals surface area contributed by atoms with Crippen LogP contribution in [0.2, 0.25) is 5.02 Å². The Balaban J connectivity index is 1.59. The van der Waals surface area contributed by atoms with Gasteiger partial charge in [-0.15, -0.1) is 11.3 Å². The van der Waals surface area contributed by atoms with E-state index < -0.39 is 0 Å². The van der Waals surface area contributed by atoms with Gasteiger partial charge in [-0.2, -0.15) is 0 Å². The summed E-state index contributed by atoms with van der Waals surface area (Å²) in [6, 6.07) is 7.53.